The maximum Gasteiger partial charge on any atom is 0.251 e. The number of hydrogen-bond donors (Lipinski definition) is 2. The summed E-state index contributed by atoms with van der Waals surface area (Å²) in [6.45, 7) is 1.16. The van der Waals surface area contributed by atoms with Crippen molar-refractivity contribution in [1.82, 2.24) is 10.6 Å². The Morgan fingerprint density at radius 2 is 2.00 bits per heavy atom. The third-order valence-corrected chi connectivity index (χ3v) is 3.30. The monoisotopic (exact) mass is 256 g/mol. The molecule has 5 nitrogen and oxygen atoms in total. The molecule has 1 rings (SSSR count). The van der Waals surface area contributed by atoms with Gasteiger partial charge in [-0.1, -0.05) is 6.07 Å². The number of likely N-dealkylation sites (N-methyl/N-ethyl adjacent to an activating group) is 1. The Morgan fingerprint density at radius 1 is 1.29 bits per heavy atom. The van der Waals surface area contributed by atoms with Gasteiger partial charge in [0.05, 0.1) is 4.90 Å². The zero-order chi connectivity index (χ0) is 12.9. The standard InChI is InChI=1S/C11H16N2O3S/c1-12-6-7-13-11(14)9-4-3-5-10(8-9)17(2,15)16/h3-5,8,12H,6-7H2,1-2H3,(H,13,14). The minimum Gasteiger partial charge on any atom is -0.351 e. The van der Waals surface area contributed by atoms with Crippen LogP contribution in [0.15, 0.2) is 29.2 Å². The number of rotatable bonds is 5. The van der Waals surface area contributed by atoms with E-state index in [0.29, 0.717) is 18.7 Å². The first-order valence-electron chi connectivity index (χ1n) is 5.18. The summed E-state index contributed by atoms with van der Waals surface area (Å²) in [7, 11) is -1.49. The molecule has 0 aliphatic heterocycles. The molecule has 17 heavy (non-hydrogen) atoms. The normalized spacial score (nSPS) is 11.2. The fourth-order valence-corrected chi connectivity index (χ4v) is 1.94. The van der Waals surface area contributed by atoms with E-state index < -0.39 is 9.84 Å². The van der Waals surface area contributed by atoms with Gasteiger partial charge < -0.3 is 10.6 Å². The smallest absolute Gasteiger partial charge is 0.251 e. The molecule has 0 spiro atoms. The summed E-state index contributed by atoms with van der Waals surface area (Å²) >= 11 is 0. The Balaban J connectivity index is 2.82. The first kappa shape index (κ1) is 13.7. The van der Waals surface area contributed by atoms with Crippen LogP contribution < -0.4 is 10.6 Å². The second-order valence-electron chi connectivity index (χ2n) is 3.66. The first-order valence-corrected chi connectivity index (χ1v) is 7.07. The second kappa shape index (κ2) is 5.79. The molecule has 1 amide bonds. The number of sulfone groups is 1. The average molecular weight is 256 g/mol. The quantitative estimate of drug-likeness (QED) is 0.729. The number of carbonyl (C=O) groups is 1. The van der Waals surface area contributed by atoms with Gasteiger partial charge in [-0.3, -0.25) is 4.79 Å². The molecule has 0 aliphatic carbocycles. The number of carbonyl (C=O) groups excluding carboxylic acids is 1. The lowest BCUT2D eigenvalue weighted by molar-refractivity contribution is 0.0954. The molecule has 6 heteroatoms. The maximum absolute atomic E-state index is 11.7. The number of nitrogens with one attached hydrogen (secondary N) is 2. The molecule has 0 unspecified atom stereocenters. The summed E-state index contributed by atoms with van der Waals surface area (Å²) < 4.78 is 22.7. The van der Waals surface area contributed by atoms with Gasteiger partial charge in [0.1, 0.15) is 0 Å². The van der Waals surface area contributed by atoms with Crippen molar-refractivity contribution >= 4 is 15.7 Å². The predicted octanol–water partition coefficient (Wildman–Crippen LogP) is 0.0393. The fourth-order valence-electron chi connectivity index (χ4n) is 1.27. The van der Waals surface area contributed by atoms with Crippen LogP contribution in [0, 0.1) is 0 Å². The summed E-state index contributed by atoms with van der Waals surface area (Å²) in [6, 6.07) is 6.00. The van der Waals surface area contributed by atoms with Gasteiger partial charge in [0.2, 0.25) is 0 Å². The molecule has 0 atom stereocenters. The van der Waals surface area contributed by atoms with E-state index in [1.165, 1.54) is 12.1 Å². The number of amides is 1. The van der Waals surface area contributed by atoms with Crippen molar-refractivity contribution in [3.63, 3.8) is 0 Å². The third-order valence-electron chi connectivity index (χ3n) is 2.18. The Kier molecular flexibility index (Phi) is 4.65. The van der Waals surface area contributed by atoms with Crippen molar-refractivity contribution in [2.75, 3.05) is 26.4 Å². The summed E-state index contributed by atoms with van der Waals surface area (Å²) in [5, 5.41) is 5.58. The van der Waals surface area contributed by atoms with E-state index in [4.69, 9.17) is 0 Å². The average Bonchev–Trinajstić information content (AvgIpc) is 2.28. The van der Waals surface area contributed by atoms with Crippen molar-refractivity contribution in [1.29, 1.82) is 0 Å². The van der Waals surface area contributed by atoms with Crippen LogP contribution in [-0.4, -0.2) is 40.7 Å². The molecule has 0 aromatic heterocycles. The molecule has 0 aliphatic rings. The van der Waals surface area contributed by atoms with E-state index in [9.17, 15) is 13.2 Å². The fraction of sp³-hybridized carbons (Fsp3) is 0.364. The summed E-state index contributed by atoms with van der Waals surface area (Å²) in [5.41, 5.74) is 0.351. The van der Waals surface area contributed by atoms with Gasteiger partial charge >= 0.3 is 0 Å². The minimum absolute atomic E-state index is 0.152. The van der Waals surface area contributed by atoms with Crippen molar-refractivity contribution in [3.8, 4) is 0 Å². The molecule has 0 bridgehead atoms. The zero-order valence-corrected chi connectivity index (χ0v) is 10.7. The van der Waals surface area contributed by atoms with Crippen LogP contribution in [0.4, 0.5) is 0 Å². The lowest BCUT2D eigenvalue weighted by Gasteiger charge is -2.05. The van der Waals surface area contributed by atoms with Gasteiger partial charge in [0, 0.05) is 24.9 Å². The first-order chi connectivity index (χ1) is 7.95. The summed E-state index contributed by atoms with van der Waals surface area (Å²) in [4.78, 5) is 11.8. The van der Waals surface area contributed by atoms with Gasteiger partial charge in [0.15, 0.2) is 9.84 Å². The SMILES string of the molecule is CNCCNC(=O)c1cccc(S(C)(=O)=O)c1. The summed E-state index contributed by atoms with van der Waals surface area (Å²) in [5.74, 6) is -0.272. The Bertz CT molecular complexity index is 497. The van der Waals surface area contributed by atoms with Gasteiger partial charge in [-0.15, -0.1) is 0 Å². The van der Waals surface area contributed by atoms with Crippen molar-refractivity contribution in [3.05, 3.63) is 29.8 Å². The molecule has 94 valence electrons. The van der Waals surface area contributed by atoms with Crippen LogP contribution in [-0.2, 0) is 9.84 Å². The topological polar surface area (TPSA) is 75.3 Å². The van der Waals surface area contributed by atoms with E-state index >= 15 is 0 Å². The number of hydrogen-bond acceptors (Lipinski definition) is 4. The zero-order valence-electron chi connectivity index (χ0n) is 9.86. The predicted molar refractivity (Wildman–Crippen MR) is 65.8 cm³/mol. The highest BCUT2D eigenvalue weighted by Crippen LogP contribution is 2.11. The molecule has 0 saturated carbocycles. The van der Waals surface area contributed by atoms with Crippen LogP contribution in [0.1, 0.15) is 10.4 Å². The van der Waals surface area contributed by atoms with Crippen molar-refractivity contribution in [2.45, 2.75) is 4.90 Å². The molecule has 2 N–H and O–H groups in total. The molecule has 1 aromatic carbocycles. The molecule has 0 fully saturated rings. The summed E-state index contributed by atoms with van der Waals surface area (Å²) in [6.07, 6.45) is 1.12. The molecular formula is C11H16N2O3S. The van der Waals surface area contributed by atoms with Crippen molar-refractivity contribution < 1.29 is 13.2 Å². The van der Waals surface area contributed by atoms with Crippen LogP contribution in [0.5, 0.6) is 0 Å². The van der Waals surface area contributed by atoms with Gasteiger partial charge in [-0.2, -0.15) is 0 Å². The molecule has 1 aromatic rings. The minimum atomic E-state index is -3.28. The van der Waals surface area contributed by atoms with Gasteiger partial charge in [-0.25, -0.2) is 8.42 Å². The molecule has 0 saturated heterocycles. The lowest BCUT2D eigenvalue weighted by Crippen LogP contribution is -2.30. The van der Waals surface area contributed by atoms with E-state index in [2.05, 4.69) is 10.6 Å². The Morgan fingerprint density at radius 3 is 2.59 bits per heavy atom. The lowest BCUT2D eigenvalue weighted by atomic mass is 10.2. The van der Waals surface area contributed by atoms with E-state index in [1.54, 1.807) is 19.2 Å². The molecule has 0 radical (unpaired) electrons. The highest BCUT2D eigenvalue weighted by molar-refractivity contribution is 7.90. The van der Waals surface area contributed by atoms with Crippen LogP contribution in [0.25, 0.3) is 0 Å². The maximum atomic E-state index is 11.7. The van der Waals surface area contributed by atoms with Crippen LogP contribution >= 0.6 is 0 Å². The highest BCUT2D eigenvalue weighted by atomic mass is 32.2. The number of benzene rings is 1. The van der Waals surface area contributed by atoms with E-state index in [-0.39, 0.29) is 10.8 Å². The highest BCUT2D eigenvalue weighted by Gasteiger charge is 2.10. The largest absolute Gasteiger partial charge is 0.351 e. The Labute approximate surface area is 101 Å². The third kappa shape index (κ3) is 4.16. The van der Waals surface area contributed by atoms with Crippen LogP contribution in [0.2, 0.25) is 0 Å². The van der Waals surface area contributed by atoms with Crippen LogP contribution in [0.3, 0.4) is 0 Å². The van der Waals surface area contributed by atoms with E-state index in [0.717, 1.165) is 6.26 Å². The molecule has 0 heterocycles. The van der Waals surface area contributed by atoms with E-state index in [1.807, 2.05) is 0 Å². The van der Waals surface area contributed by atoms with Gasteiger partial charge in [0.25, 0.3) is 5.91 Å². The second-order valence-corrected chi connectivity index (χ2v) is 5.68. The van der Waals surface area contributed by atoms with Crippen molar-refractivity contribution in [2.24, 2.45) is 0 Å². The molecular weight excluding hydrogens is 240 g/mol. The Hall–Kier alpha value is -1.40. The van der Waals surface area contributed by atoms with Gasteiger partial charge in [-0.05, 0) is 25.2 Å².